The summed E-state index contributed by atoms with van der Waals surface area (Å²) in [5.74, 6) is 3.05. The number of rotatable bonds is 0. The van der Waals surface area contributed by atoms with Gasteiger partial charge in [-0.3, -0.25) is 0 Å². The molecule has 1 aliphatic heterocycles. The summed E-state index contributed by atoms with van der Waals surface area (Å²) in [4.78, 5) is 12.0. The molecule has 4 nitrogen and oxygen atoms in total. The minimum Gasteiger partial charge on any atom is -0.465 e. The molecule has 0 aromatic carbocycles. The van der Waals surface area contributed by atoms with Gasteiger partial charge in [0.15, 0.2) is 0 Å². The number of aliphatic hydroxyl groups excluding tert-OH is 1. The van der Waals surface area contributed by atoms with Gasteiger partial charge in [0, 0.05) is 12.5 Å². The van der Waals surface area contributed by atoms with Gasteiger partial charge in [0.1, 0.15) is 8.07 Å². The number of aliphatic hydroxyl groups is 1. The number of nitrogens with zero attached hydrogens (tertiary/aromatic N) is 1. The first-order valence-electron chi connectivity index (χ1n) is 5.48. The van der Waals surface area contributed by atoms with Gasteiger partial charge in [-0.2, -0.15) is 0 Å². The van der Waals surface area contributed by atoms with E-state index in [1.54, 1.807) is 0 Å². The summed E-state index contributed by atoms with van der Waals surface area (Å²) in [5.41, 5.74) is 3.23. The number of hydrogen-bond donors (Lipinski definition) is 2. The summed E-state index contributed by atoms with van der Waals surface area (Å²) in [5, 5.41) is 18.6. The van der Waals surface area contributed by atoms with Gasteiger partial charge in [-0.1, -0.05) is 19.6 Å². The van der Waals surface area contributed by atoms with E-state index in [-0.39, 0.29) is 12.5 Å². The van der Waals surface area contributed by atoms with Crippen molar-refractivity contribution >= 4 is 14.2 Å². The maximum atomic E-state index is 10.7. The van der Waals surface area contributed by atoms with Crippen LogP contribution in [0.4, 0.5) is 4.79 Å². The highest BCUT2D eigenvalue weighted by Crippen LogP contribution is 2.17. The molecule has 1 heterocycles. The van der Waals surface area contributed by atoms with E-state index in [0.717, 1.165) is 0 Å². The van der Waals surface area contributed by atoms with Gasteiger partial charge in [0.2, 0.25) is 0 Å². The van der Waals surface area contributed by atoms with Crippen LogP contribution in [0.25, 0.3) is 0 Å². The second-order valence-electron chi connectivity index (χ2n) is 5.21. The van der Waals surface area contributed by atoms with E-state index in [9.17, 15) is 9.90 Å². The van der Waals surface area contributed by atoms with E-state index in [2.05, 4.69) is 31.1 Å². The summed E-state index contributed by atoms with van der Waals surface area (Å²) in [6.45, 7) is 7.11. The molecule has 1 fully saturated rings. The van der Waals surface area contributed by atoms with Crippen LogP contribution in [-0.4, -0.2) is 48.5 Å². The molecule has 1 rings (SSSR count). The lowest BCUT2D eigenvalue weighted by Gasteiger charge is -2.31. The first-order chi connectivity index (χ1) is 7.29. The third-order valence-corrected chi connectivity index (χ3v) is 3.38. The summed E-state index contributed by atoms with van der Waals surface area (Å²) in [6.07, 6.45) is -0.977. The van der Waals surface area contributed by atoms with E-state index in [4.69, 9.17) is 5.11 Å². The van der Waals surface area contributed by atoms with Crippen molar-refractivity contribution in [3.05, 3.63) is 0 Å². The fourth-order valence-electron chi connectivity index (χ4n) is 1.58. The molecule has 0 aromatic rings. The summed E-state index contributed by atoms with van der Waals surface area (Å²) < 4.78 is 0. The summed E-state index contributed by atoms with van der Waals surface area (Å²) in [7, 11) is -1.41. The number of amides is 1. The summed E-state index contributed by atoms with van der Waals surface area (Å²) >= 11 is 0. The Morgan fingerprint density at radius 3 is 2.50 bits per heavy atom. The topological polar surface area (TPSA) is 60.8 Å². The van der Waals surface area contributed by atoms with Gasteiger partial charge in [0.05, 0.1) is 12.6 Å². The Labute approximate surface area is 97.3 Å². The average molecular weight is 241 g/mol. The Morgan fingerprint density at radius 2 is 2.06 bits per heavy atom. The Morgan fingerprint density at radius 1 is 1.44 bits per heavy atom. The largest absolute Gasteiger partial charge is 0.465 e. The van der Waals surface area contributed by atoms with Crippen molar-refractivity contribution in [3.8, 4) is 11.5 Å². The van der Waals surface area contributed by atoms with Crippen molar-refractivity contribution in [2.45, 2.75) is 32.2 Å². The average Bonchev–Trinajstić information content (AvgIpc) is 2.14. The molecule has 0 bridgehead atoms. The number of piperidine rings is 1. The molecular formula is C11H19NO3Si. The van der Waals surface area contributed by atoms with Crippen LogP contribution in [0.15, 0.2) is 0 Å². The van der Waals surface area contributed by atoms with Crippen molar-refractivity contribution in [1.82, 2.24) is 4.90 Å². The van der Waals surface area contributed by atoms with Gasteiger partial charge in [-0.05, 0) is 6.42 Å². The fraction of sp³-hybridized carbons (Fsp3) is 0.727. The molecule has 0 spiro atoms. The first-order valence-corrected chi connectivity index (χ1v) is 8.98. The van der Waals surface area contributed by atoms with Gasteiger partial charge < -0.3 is 15.1 Å². The SMILES string of the molecule is C[Si](C)(C)C#CC1CCN(C(=O)O)CC1O. The van der Waals surface area contributed by atoms with Crippen molar-refractivity contribution in [2.24, 2.45) is 5.92 Å². The highest BCUT2D eigenvalue weighted by molar-refractivity contribution is 6.83. The monoisotopic (exact) mass is 241 g/mol. The van der Waals surface area contributed by atoms with E-state index in [1.807, 2.05) is 0 Å². The van der Waals surface area contributed by atoms with Gasteiger partial charge in [-0.15, -0.1) is 11.5 Å². The van der Waals surface area contributed by atoms with E-state index in [0.29, 0.717) is 13.0 Å². The van der Waals surface area contributed by atoms with Crippen LogP contribution in [0, 0.1) is 17.4 Å². The van der Waals surface area contributed by atoms with Crippen LogP contribution >= 0.6 is 0 Å². The second kappa shape index (κ2) is 4.89. The van der Waals surface area contributed by atoms with E-state index >= 15 is 0 Å². The zero-order valence-corrected chi connectivity index (χ0v) is 11.0. The third kappa shape index (κ3) is 3.87. The minimum atomic E-state index is -1.41. The molecule has 2 N–H and O–H groups in total. The number of likely N-dealkylation sites (tertiary alicyclic amines) is 1. The maximum Gasteiger partial charge on any atom is 0.407 e. The number of β-amino-alcohol motifs (C(OH)–C–C–N with tert-alkyl or cyclic N) is 1. The molecule has 0 saturated carbocycles. The number of carboxylic acid groups (broad SMARTS) is 1. The zero-order chi connectivity index (χ0) is 12.3. The quantitative estimate of drug-likeness (QED) is 0.495. The second-order valence-corrected chi connectivity index (χ2v) is 9.96. The summed E-state index contributed by atoms with van der Waals surface area (Å²) in [6, 6.07) is 0. The lowest BCUT2D eigenvalue weighted by Crippen LogP contribution is -2.45. The highest BCUT2D eigenvalue weighted by Gasteiger charge is 2.28. The Kier molecular flexibility index (Phi) is 4.00. The van der Waals surface area contributed by atoms with Crippen molar-refractivity contribution < 1.29 is 15.0 Å². The van der Waals surface area contributed by atoms with Crippen LogP contribution < -0.4 is 0 Å². The molecule has 2 unspecified atom stereocenters. The van der Waals surface area contributed by atoms with Crippen molar-refractivity contribution in [2.75, 3.05) is 13.1 Å². The third-order valence-electron chi connectivity index (χ3n) is 2.49. The Bertz CT molecular complexity index is 326. The van der Waals surface area contributed by atoms with Crippen LogP contribution in [0.2, 0.25) is 19.6 Å². The van der Waals surface area contributed by atoms with Crippen molar-refractivity contribution in [3.63, 3.8) is 0 Å². The Balaban J connectivity index is 2.60. The predicted molar refractivity (Wildman–Crippen MR) is 64.8 cm³/mol. The molecule has 5 heteroatoms. The van der Waals surface area contributed by atoms with E-state index in [1.165, 1.54) is 4.90 Å². The molecule has 2 atom stereocenters. The van der Waals surface area contributed by atoms with Crippen LogP contribution in [0.3, 0.4) is 0 Å². The molecular weight excluding hydrogens is 222 g/mol. The van der Waals surface area contributed by atoms with Crippen LogP contribution in [0.1, 0.15) is 6.42 Å². The van der Waals surface area contributed by atoms with Gasteiger partial charge in [0.25, 0.3) is 0 Å². The molecule has 1 aliphatic rings. The lowest BCUT2D eigenvalue weighted by molar-refractivity contribution is 0.0438. The fourth-order valence-corrected chi connectivity index (χ4v) is 2.20. The van der Waals surface area contributed by atoms with Crippen molar-refractivity contribution in [1.29, 1.82) is 0 Å². The lowest BCUT2D eigenvalue weighted by atomic mass is 9.95. The maximum absolute atomic E-state index is 10.7. The molecule has 1 saturated heterocycles. The van der Waals surface area contributed by atoms with Gasteiger partial charge in [-0.25, -0.2) is 4.79 Å². The zero-order valence-electron chi connectivity index (χ0n) is 10.0. The molecule has 90 valence electrons. The predicted octanol–water partition coefficient (Wildman–Crippen LogP) is 1.23. The first kappa shape index (κ1) is 13.1. The van der Waals surface area contributed by atoms with E-state index < -0.39 is 20.3 Å². The van der Waals surface area contributed by atoms with Gasteiger partial charge >= 0.3 is 6.09 Å². The normalized spacial score (nSPS) is 25.9. The standard InChI is InChI=1S/C11H19NO3Si/c1-16(2,3)7-5-9-4-6-12(11(14)15)8-10(9)13/h9-10,13H,4,6,8H2,1-3H3,(H,14,15). The molecule has 1 amide bonds. The van der Waals surface area contributed by atoms with Crippen LogP contribution in [-0.2, 0) is 0 Å². The minimum absolute atomic E-state index is 0.0673. The molecule has 0 aliphatic carbocycles. The highest BCUT2D eigenvalue weighted by atomic mass is 28.3. The number of hydrogen-bond acceptors (Lipinski definition) is 2. The van der Waals surface area contributed by atoms with Crippen LogP contribution in [0.5, 0.6) is 0 Å². The Hall–Kier alpha value is -0.993. The number of carbonyl (C=O) groups is 1. The molecule has 16 heavy (non-hydrogen) atoms. The smallest absolute Gasteiger partial charge is 0.407 e. The molecule has 0 aromatic heterocycles. The molecule has 0 radical (unpaired) electrons.